The molecule has 2 N–H and O–H groups in total. The number of nitrogens with two attached hydrogens (primary N) is 1. The van der Waals surface area contributed by atoms with Gasteiger partial charge in [-0.2, -0.15) is 0 Å². The monoisotopic (exact) mass is 315 g/mol. The van der Waals surface area contributed by atoms with E-state index in [1.165, 1.54) is 6.42 Å². The second kappa shape index (κ2) is 7.96. The second-order valence-electron chi connectivity index (χ2n) is 5.27. The number of hydrogen-bond acceptors (Lipinski definition) is 4. The molecule has 20 heavy (non-hydrogen) atoms. The lowest BCUT2D eigenvalue weighted by Crippen LogP contribution is -2.47. The van der Waals surface area contributed by atoms with E-state index in [2.05, 4.69) is 9.88 Å². The third kappa shape index (κ3) is 4.43. The Morgan fingerprint density at radius 3 is 3.05 bits per heavy atom. The molecule has 1 fully saturated rings. The molecule has 112 valence electrons. The van der Waals surface area contributed by atoms with Crippen molar-refractivity contribution in [2.24, 2.45) is 5.73 Å². The predicted molar refractivity (Wildman–Crippen MR) is 83.0 cm³/mol. The van der Waals surface area contributed by atoms with Gasteiger partial charge in [-0.25, -0.2) is 4.98 Å². The van der Waals surface area contributed by atoms with E-state index in [0.29, 0.717) is 5.88 Å². The first-order valence-electron chi connectivity index (χ1n) is 7.23. The molecule has 4 nitrogen and oxygen atoms in total. The van der Waals surface area contributed by atoms with Gasteiger partial charge < -0.3 is 5.73 Å². The van der Waals surface area contributed by atoms with Crippen LogP contribution in [0, 0.1) is 0 Å². The molecule has 1 unspecified atom stereocenters. The molecule has 0 bridgehead atoms. The van der Waals surface area contributed by atoms with Crippen molar-refractivity contribution in [1.29, 1.82) is 0 Å². The van der Waals surface area contributed by atoms with Crippen LogP contribution in [0.4, 0.5) is 0 Å². The Hall–Kier alpha value is -0.650. The van der Waals surface area contributed by atoms with Crippen LogP contribution in [0.3, 0.4) is 0 Å². The summed E-state index contributed by atoms with van der Waals surface area (Å²) in [6.45, 7) is 1.96. The van der Waals surface area contributed by atoms with E-state index in [9.17, 15) is 4.79 Å². The highest BCUT2D eigenvalue weighted by Crippen LogP contribution is 2.18. The average molecular weight is 316 g/mol. The highest BCUT2D eigenvalue weighted by molar-refractivity contribution is 7.09. The number of aryl methyl sites for hydroxylation is 1. The van der Waals surface area contributed by atoms with Crippen molar-refractivity contribution in [3.05, 3.63) is 16.1 Å². The van der Waals surface area contributed by atoms with E-state index in [0.717, 1.165) is 55.9 Å². The zero-order chi connectivity index (χ0) is 14.4. The van der Waals surface area contributed by atoms with Gasteiger partial charge in [-0.15, -0.1) is 22.9 Å². The Bertz CT molecular complexity index is 438. The summed E-state index contributed by atoms with van der Waals surface area (Å²) >= 11 is 7.42. The quantitative estimate of drug-likeness (QED) is 0.621. The Balaban J connectivity index is 1.70. The molecule has 1 amide bonds. The van der Waals surface area contributed by atoms with Crippen LogP contribution in [0.5, 0.6) is 0 Å². The number of rotatable bonds is 7. The molecule has 0 aromatic carbocycles. The topological polar surface area (TPSA) is 59.2 Å². The lowest BCUT2D eigenvalue weighted by Gasteiger charge is -2.33. The van der Waals surface area contributed by atoms with Crippen molar-refractivity contribution >= 4 is 28.8 Å². The molecule has 6 heteroatoms. The molecule has 1 atom stereocenters. The van der Waals surface area contributed by atoms with E-state index in [1.54, 1.807) is 11.3 Å². The molecule has 1 aromatic rings. The lowest BCUT2D eigenvalue weighted by atomic mass is 10.0. The number of primary amides is 1. The summed E-state index contributed by atoms with van der Waals surface area (Å²) in [5.41, 5.74) is 6.44. The van der Waals surface area contributed by atoms with Crippen molar-refractivity contribution in [3.8, 4) is 0 Å². The van der Waals surface area contributed by atoms with Crippen LogP contribution in [-0.4, -0.2) is 34.9 Å². The van der Waals surface area contributed by atoms with E-state index in [1.807, 2.05) is 5.38 Å². The molecule has 2 rings (SSSR count). The number of carbonyl (C=O) groups is 1. The first-order valence-corrected chi connectivity index (χ1v) is 8.64. The van der Waals surface area contributed by atoms with Crippen LogP contribution in [0.1, 0.15) is 42.8 Å². The van der Waals surface area contributed by atoms with Gasteiger partial charge in [0.15, 0.2) is 0 Å². The van der Waals surface area contributed by atoms with E-state index in [4.69, 9.17) is 17.3 Å². The van der Waals surface area contributed by atoms with Crippen LogP contribution in [-0.2, 0) is 17.1 Å². The fraction of sp³-hybridized carbons (Fsp3) is 0.714. The summed E-state index contributed by atoms with van der Waals surface area (Å²) in [4.78, 5) is 18.1. The molecule has 0 aliphatic carbocycles. The third-order valence-corrected chi connectivity index (χ3v) is 5.00. The Labute approximate surface area is 129 Å². The highest BCUT2D eigenvalue weighted by Gasteiger charge is 2.25. The number of halogens is 1. The van der Waals surface area contributed by atoms with Crippen LogP contribution in [0.15, 0.2) is 5.38 Å². The molecule has 1 aliphatic heterocycles. The number of amides is 1. The van der Waals surface area contributed by atoms with Crippen molar-refractivity contribution in [2.75, 3.05) is 13.1 Å². The smallest absolute Gasteiger partial charge is 0.234 e. The number of likely N-dealkylation sites (tertiary alicyclic amines) is 1. The zero-order valence-electron chi connectivity index (χ0n) is 11.7. The minimum atomic E-state index is -0.170. The average Bonchev–Trinajstić information content (AvgIpc) is 2.92. The molecule has 2 heterocycles. The molecule has 0 saturated carbocycles. The molecule has 1 aromatic heterocycles. The normalized spacial score (nSPS) is 20.1. The van der Waals surface area contributed by atoms with Crippen molar-refractivity contribution < 1.29 is 4.79 Å². The minimum absolute atomic E-state index is 0.0496. The number of unbranched alkanes of at least 4 members (excludes halogenated alkanes) is 1. The van der Waals surface area contributed by atoms with Crippen LogP contribution in [0.25, 0.3) is 0 Å². The van der Waals surface area contributed by atoms with E-state index in [-0.39, 0.29) is 11.9 Å². The van der Waals surface area contributed by atoms with Gasteiger partial charge in [-0.05, 0) is 45.2 Å². The first kappa shape index (κ1) is 15.7. The van der Waals surface area contributed by atoms with Crippen LogP contribution >= 0.6 is 22.9 Å². The molecule has 0 radical (unpaired) electrons. The molecule has 1 saturated heterocycles. The predicted octanol–water partition coefficient (Wildman–Crippen LogP) is 2.54. The van der Waals surface area contributed by atoms with E-state index >= 15 is 0 Å². The summed E-state index contributed by atoms with van der Waals surface area (Å²) in [7, 11) is 0. The molecule has 0 spiro atoms. The standard InChI is InChI=1S/C14H22ClN3OS/c15-9-11-10-20-13(17-11)6-2-4-8-18-7-3-1-5-12(18)14(16)19/h10,12H,1-9H2,(H2,16,19). The third-order valence-electron chi connectivity index (χ3n) is 3.76. The summed E-state index contributed by atoms with van der Waals surface area (Å²) in [6.07, 6.45) is 6.38. The number of piperidine rings is 1. The Morgan fingerprint density at radius 1 is 1.50 bits per heavy atom. The van der Waals surface area contributed by atoms with Gasteiger partial charge in [-0.1, -0.05) is 6.42 Å². The van der Waals surface area contributed by atoms with Gasteiger partial charge in [0.2, 0.25) is 5.91 Å². The van der Waals surface area contributed by atoms with Gasteiger partial charge in [-0.3, -0.25) is 9.69 Å². The Morgan fingerprint density at radius 2 is 2.35 bits per heavy atom. The van der Waals surface area contributed by atoms with Crippen molar-refractivity contribution in [3.63, 3.8) is 0 Å². The van der Waals surface area contributed by atoms with Crippen LogP contribution < -0.4 is 5.73 Å². The van der Waals surface area contributed by atoms with Gasteiger partial charge in [0.1, 0.15) is 0 Å². The van der Waals surface area contributed by atoms with Crippen molar-refractivity contribution in [2.45, 2.75) is 50.4 Å². The lowest BCUT2D eigenvalue weighted by molar-refractivity contribution is -0.124. The number of alkyl halides is 1. The van der Waals surface area contributed by atoms with Gasteiger partial charge in [0.25, 0.3) is 0 Å². The second-order valence-corrected chi connectivity index (χ2v) is 6.48. The minimum Gasteiger partial charge on any atom is -0.368 e. The number of aromatic nitrogens is 1. The fourth-order valence-electron chi connectivity index (χ4n) is 2.70. The number of thiazole rings is 1. The zero-order valence-corrected chi connectivity index (χ0v) is 13.3. The summed E-state index contributed by atoms with van der Waals surface area (Å²) < 4.78 is 0. The fourth-order valence-corrected chi connectivity index (χ4v) is 3.77. The number of hydrogen-bond donors (Lipinski definition) is 1. The van der Waals surface area contributed by atoms with Gasteiger partial charge in [0.05, 0.1) is 22.6 Å². The largest absolute Gasteiger partial charge is 0.368 e. The highest BCUT2D eigenvalue weighted by atomic mass is 35.5. The maximum Gasteiger partial charge on any atom is 0.234 e. The summed E-state index contributed by atoms with van der Waals surface area (Å²) in [6, 6.07) is -0.0496. The van der Waals surface area contributed by atoms with Gasteiger partial charge in [0, 0.05) is 5.38 Å². The maximum atomic E-state index is 11.4. The summed E-state index contributed by atoms with van der Waals surface area (Å²) in [5, 5.41) is 3.18. The van der Waals surface area contributed by atoms with E-state index < -0.39 is 0 Å². The van der Waals surface area contributed by atoms with Crippen LogP contribution in [0.2, 0.25) is 0 Å². The van der Waals surface area contributed by atoms with Gasteiger partial charge >= 0.3 is 0 Å². The SMILES string of the molecule is NC(=O)C1CCCCN1CCCCc1nc(CCl)cs1. The number of nitrogens with zero attached hydrogens (tertiary/aromatic N) is 2. The number of carbonyl (C=O) groups excluding carboxylic acids is 1. The molecular formula is C14H22ClN3OS. The summed E-state index contributed by atoms with van der Waals surface area (Å²) in [5.74, 6) is 0.321. The Kier molecular flexibility index (Phi) is 6.26. The molecular weight excluding hydrogens is 294 g/mol. The maximum absolute atomic E-state index is 11.4. The molecule has 1 aliphatic rings. The van der Waals surface area contributed by atoms with Crippen molar-refractivity contribution in [1.82, 2.24) is 9.88 Å². The first-order chi connectivity index (χ1) is 9.70.